The maximum Gasteiger partial charge on any atom is 0.136 e. The highest BCUT2D eigenvalue weighted by Crippen LogP contribution is 2.21. The van der Waals surface area contributed by atoms with Crippen molar-refractivity contribution in [1.29, 1.82) is 0 Å². The summed E-state index contributed by atoms with van der Waals surface area (Å²) in [5, 5.41) is 11.3. The molecule has 0 fully saturated rings. The largest absolute Gasteiger partial charge is 0.392 e. The van der Waals surface area contributed by atoms with E-state index in [0.717, 1.165) is 16.3 Å². The maximum atomic E-state index is 8.92. The van der Waals surface area contributed by atoms with Crippen LogP contribution in [0.4, 0.5) is 0 Å². The number of aromatic nitrogens is 1. The monoisotopic (exact) mass is 193 g/mol. The molecule has 0 aliphatic carbocycles. The third kappa shape index (κ3) is 1.50. The van der Waals surface area contributed by atoms with Crippen LogP contribution in [0.15, 0.2) is 30.5 Å². The maximum absolute atomic E-state index is 8.92. The van der Waals surface area contributed by atoms with Crippen molar-refractivity contribution in [3.05, 3.63) is 41.2 Å². The van der Waals surface area contributed by atoms with Gasteiger partial charge in [0.1, 0.15) is 5.15 Å². The van der Waals surface area contributed by atoms with Gasteiger partial charge >= 0.3 is 0 Å². The molecule has 0 radical (unpaired) electrons. The van der Waals surface area contributed by atoms with Crippen LogP contribution in [0.1, 0.15) is 5.56 Å². The quantitative estimate of drug-likeness (QED) is 0.706. The molecule has 0 aliphatic heterocycles. The van der Waals surface area contributed by atoms with E-state index in [9.17, 15) is 0 Å². The van der Waals surface area contributed by atoms with Crippen molar-refractivity contribution >= 4 is 22.4 Å². The molecule has 1 N–H and O–H groups in total. The highest BCUT2D eigenvalue weighted by atomic mass is 35.5. The number of rotatable bonds is 1. The van der Waals surface area contributed by atoms with E-state index in [0.29, 0.717) is 5.15 Å². The lowest BCUT2D eigenvalue weighted by atomic mass is 10.1. The van der Waals surface area contributed by atoms with E-state index < -0.39 is 0 Å². The molecule has 3 heteroatoms. The predicted molar refractivity (Wildman–Crippen MR) is 52.7 cm³/mol. The summed E-state index contributed by atoms with van der Waals surface area (Å²) in [4.78, 5) is 3.97. The molecule has 66 valence electrons. The number of aliphatic hydroxyl groups is 1. The van der Waals surface area contributed by atoms with E-state index >= 15 is 0 Å². The van der Waals surface area contributed by atoms with Crippen molar-refractivity contribution in [2.45, 2.75) is 6.61 Å². The SMILES string of the molecule is OCc1ccc2c(Cl)nccc2c1. The molecule has 0 saturated heterocycles. The van der Waals surface area contributed by atoms with E-state index in [1.165, 1.54) is 0 Å². The van der Waals surface area contributed by atoms with Gasteiger partial charge in [0.2, 0.25) is 0 Å². The van der Waals surface area contributed by atoms with Crippen LogP contribution in [0.5, 0.6) is 0 Å². The Morgan fingerprint density at radius 2 is 2.15 bits per heavy atom. The van der Waals surface area contributed by atoms with Gasteiger partial charge in [-0.05, 0) is 23.1 Å². The highest BCUT2D eigenvalue weighted by Gasteiger charge is 1.99. The predicted octanol–water partition coefficient (Wildman–Crippen LogP) is 2.38. The molecule has 2 rings (SSSR count). The average Bonchev–Trinajstić information content (AvgIpc) is 2.18. The van der Waals surface area contributed by atoms with Crippen LogP contribution >= 0.6 is 11.6 Å². The van der Waals surface area contributed by atoms with Gasteiger partial charge in [-0.3, -0.25) is 0 Å². The summed E-state index contributed by atoms with van der Waals surface area (Å²) >= 11 is 5.88. The van der Waals surface area contributed by atoms with E-state index in [4.69, 9.17) is 16.7 Å². The fourth-order valence-corrected chi connectivity index (χ4v) is 1.52. The van der Waals surface area contributed by atoms with Crippen molar-refractivity contribution in [2.24, 2.45) is 0 Å². The van der Waals surface area contributed by atoms with Crippen LogP contribution in [-0.4, -0.2) is 10.1 Å². The minimum Gasteiger partial charge on any atom is -0.392 e. The third-order valence-electron chi connectivity index (χ3n) is 1.96. The van der Waals surface area contributed by atoms with E-state index in [2.05, 4.69) is 4.98 Å². The molecule has 0 unspecified atom stereocenters. The Labute approximate surface area is 80.8 Å². The summed E-state index contributed by atoms with van der Waals surface area (Å²) in [5.41, 5.74) is 0.884. The van der Waals surface area contributed by atoms with Crippen molar-refractivity contribution in [3.8, 4) is 0 Å². The van der Waals surface area contributed by atoms with Crippen molar-refractivity contribution in [1.82, 2.24) is 4.98 Å². The summed E-state index contributed by atoms with van der Waals surface area (Å²) in [6.07, 6.45) is 1.66. The average molecular weight is 194 g/mol. The number of nitrogens with zero attached hydrogens (tertiary/aromatic N) is 1. The Morgan fingerprint density at radius 1 is 1.31 bits per heavy atom. The van der Waals surface area contributed by atoms with E-state index in [-0.39, 0.29) is 6.61 Å². The molecule has 0 saturated carbocycles. The van der Waals surface area contributed by atoms with Crippen molar-refractivity contribution in [3.63, 3.8) is 0 Å². The highest BCUT2D eigenvalue weighted by molar-refractivity contribution is 6.34. The number of pyridine rings is 1. The minimum absolute atomic E-state index is 0.0515. The van der Waals surface area contributed by atoms with Crippen LogP contribution in [0.2, 0.25) is 5.15 Å². The number of hydrogen-bond donors (Lipinski definition) is 1. The number of aliphatic hydroxyl groups excluding tert-OH is 1. The molecule has 13 heavy (non-hydrogen) atoms. The lowest BCUT2D eigenvalue weighted by Gasteiger charge is -2.01. The molecule has 2 aromatic rings. The molecule has 1 aromatic carbocycles. The van der Waals surface area contributed by atoms with Gasteiger partial charge in [0.05, 0.1) is 6.61 Å². The zero-order valence-corrected chi connectivity index (χ0v) is 7.62. The molecule has 1 aromatic heterocycles. The summed E-state index contributed by atoms with van der Waals surface area (Å²) in [5.74, 6) is 0. The molecular weight excluding hydrogens is 186 g/mol. The molecule has 0 spiro atoms. The van der Waals surface area contributed by atoms with Crippen LogP contribution in [0, 0.1) is 0 Å². The van der Waals surface area contributed by atoms with Gasteiger partial charge in [-0.1, -0.05) is 23.7 Å². The second-order valence-electron chi connectivity index (χ2n) is 2.82. The molecule has 1 heterocycles. The Balaban J connectivity index is 2.72. The smallest absolute Gasteiger partial charge is 0.136 e. The van der Waals surface area contributed by atoms with Gasteiger partial charge in [-0.25, -0.2) is 4.98 Å². The van der Waals surface area contributed by atoms with Gasteiger partial charge in [-0.15, -0.1) is 0 Å². The second-order valence-corrected chi connectivity index (χ2v) is 3.17. The molecule has 0 aliphatic rings. The topological polar surface area (TPSA) is 33.1 Å². The lowest BCUT2D eigenvalue weighted by molar-refractivity contribution is 0.282. The Morgan fingerprint density at radius 3 is 2.92 bits per heavy atom. The van der Waals surface area contributed by atoms with Gasteiger partial charge in [0.15, 0.2) is 0 Å². The first-order chi connectivity index (χ1) is 6.31. The Kier molecular flexibility index (Phi) is 2.17. The van der Waals surface area contributed by atoms with E-state index in [1.54, 1.807) is 6.20 Å². The van der Waals surface area contributed by atoms with Gasteiger partial charge in [0, 0.05) is 11.6 Å². The molecule has 0 bridgehead atoms. The van der Waals surface area contributed by atoms with E-state index in [1.807, 2.05) is 24.3 Å². The van der Waals surface area contributed by atoms with Crippen LogP contribution in [0.3, 0.4) is 0 Å². The first-order valence-electron chi connectivity index (χ1n) is 3.95. The van der Waals surface area contributed by atoms with Gasteiger partial charge in [-0.2, -0.15) is 0 Å². The fraction of sp³-hybridized carbons (Fsp3) is 0.100. The van der Waals surface area contributed by atoms with Gasteiger partial charge in [0.25, 0.3) is 0 Å². The van der Waals surface area contributed by atoms with Crippen LogP contribution in [0.25, 0.3) is 10.8 Å². The summed E-state index contributed by atoms with van der Waals surface area (Å²) in [7, 11) is 0. The van der Waals surface area contributed by atoms with Crippen LogP contribution in [-0.2, 0) is 6.61 Å². The van der Waals surface area contributed by atoms with Gasteiger partial charge < -0.3 is 5.11 Å². The summed E-state index contributed by atoms with van der Waals surface area (Å²) in [6.45, 7) is 0.0515. The molecule has 2 nitrogen and oxygen atoms in total. The second kappa shape index (κ2) is 3.32. The number of hydrogen-bond acceptors (Lipinski definition) is 2. The molecule has 0 atom stereocenters. The van der Waals surface area contributed by atoms with Crippen LogP contribution < -0.4 is 0 Å². The van der Waals surface area contributed by atoms with Crippen molar-refractivity contribution < 1.29 is 5.11 Å². The fourth-order valence-electron chi connectivity index (χ4n) is 1.29. The first kappa shape index (κ1) is 8.48. The normalized spacial score (nSPS) is 10.6. The number of fused-ring (bicyclic) bond motifs is 1. The Bertz CT molecular complexity index is 442. The summed E-state index contributed by atoms with van der Waals surface area (Å²) < 4.78 is 0. The first-order valence-corrected chi connectivity index (χ1v) is 4.33. The lowest BCUT2D eigenvalue weighted by Crippen LogP contribution is -1.84. The van der Waals surface area contributed by atoms with Crippen molar-refractivity contribution in [2.75, 3.05) is 0 Å². The Hall–Kier alpha value is -1.12. The zero-order chi connectivity index (χ0) is 9.26. The zero-order valence-electron chi connectivity index (χ0n) is 6.87. The molecular formula is C10H8ClNO. The molecule has 0 amide bonds. The minimum atomic E-state index is 0.0515. The number of halogens is 1. The third-order valence-corrected chi connectivity index (χ3v) is 2.26. The summed E-state index contributed by atoms with van der Waals surface area (Å²) in [6, 6.07) is 7.50. The standard InChI is InChI=1S/C10H8ClNO/c11-10-9-2-1-7(6-13)5-8(9)3-4-12-10/h1-5,13H,6H2. The number of benzene rings is 1.